The van der Waals surface area contributed by atoms with Crippen molar-refractivity contribution >= 4 is 5.69 Å². The molecule has 1 saturated heterocycles. The fourth-order valence-corrected chi connectivity index (χ4v) is 3.54. The maximum absolute atomic E-state index is 6.10. The highest BCUT2D eigenvalue weighted by Crippen LogP contribution is 2.30. The number of ether oxygens (including phenoxy) is 1. The molecule has 4 nitrogen and oxygen atoms in total. The molecule has 0 N–H and O–H groups in total. The van der Waals surface area contributed by atoms with E-state index in [9.17, 15) is 0 Å². The zero-order valence-electron chi connectivity index (χ0n) is 17.1. The van der Waals surface area contributed by atoms with Gasteiger partial charge in [0.25, 0.3) is 0 Å². The second-order valence-corrected chi connectivity index (χ2v) is 7.92. The predicted octanol–water partition coefficient (Wildman–Crippen LogP) is 3.64. The summed E-state index contributed by atoms with van der Waals surface area (Å²) in [6, 6.07) is 6.47. The lowest BCUT2D eigenvalue weighted by atomic mass is 10.0. The SMILES string of the molecule is CCN(CC)CCOc1cccc(N2CCN(C(C)(C)C)CC2)c1C. The number of benzene rings is 1. The Bertz CT molecular complexity index is 526. The molecular formula is C21H37N3O. The van der Waals surface area contributed by atoms with Crippen molar-refractivity contribution in [2.75, 3.05) is 57.3 Å². The summed E-state index contributed by atoms with van der Waals surface area (Å²) in [5, 5.41) is 0. The zero-order chi connectivity index (χ0) is 18.4. The Kier molecular flexibility index (Phi) is 7.14. The predicted molar refractivity (Wildman–Crippen MR) is 108 cm³/mol. The summed E-state index contributed by atoms with van der Waals surface area (Å²) in [5.74, 6) is 1.03. The van der Waals surface area contributed by atoms with Gasteiger partial charge in [0.1, 0.15) is 12.4 Å². The number of rotatable bonds is 7. The van der Waals surface area contributed by atoms with E-state index in [-0.39, 0.29) is 5.54 Å². The molecule has 0 aromatic heterocycles. The highest BCUT2D eigenvalue weighted by molar-refractivity contribution is 5.59. The fraction of sp³-hybridized carbons (Fsp3) is 0.714. The first-order valence-corrected chi connectivity index (χ1v) is 9.81. The topological polar surface area (TPSA) is 19.0 Å². The van der Waals surface area contributed by atoms with Gasteiger partial charge in [-0.15, -0.1) is 0 Å². The maximum Gasteiger partial charge on any atom is 0.124 e. The van der Waals surface area contributed by atoms with Gasteiger partial charge in [0, 0.05) is 49.5 Å². The van der Waals surface area contributed by atoms with E-state index in [2.05, 4.69) is 74.4 Å². The molecule has 1 fully saturated rings. The lowest BCUT2D eigenvalue weighted by Gasteiger charge is -2.43. The average molecular weight is 348 g/mol. The first-order chi connectivity index (χ1) is 11.9. The van der Waals surface area contributed by atoms with Crippen LogP contribution in [0.2, 0.25) is 0 Å². The van der Waals surface area contributed by atoms with Crippen LogP contribution in [0.25, 0.3) is 0 Å². The summed E-state index contributed by atoms with van der Waals surface area (Å²) < 4.78 is 6.10. The van der Waals surface area contributed by atoms with E-state index in [1.165, 1.54) is 11.3 Å². The van der Waals surface area contributed by atoms with E-state index in [1.807, 2.05) is 0 Å². The summed E-state index contributed by atoms with van der Waals surface area (Å²) in [6.45, 7) is 21.8. The molecule has 142 valence electrons. The van der Waals surface area contributed by atoms with Crippen LogP contribution in [0.3, 0.4) is 0 Å². The summed E-state index contributed by atoms with van der Waals surface area (Å²) >= 11 is 0. The second-order valence-electron chi connectivity index (χ2n) is 7.92. The molecule has 1 heterocycles. The van der Waals surface area contributed by atoms with Crippen molar-refractivity contribution in [2.24, 2.45) is 0 Å². The van der Waals surface area contributed by atoms with Crippen molar-refractivity contribution in [3.05, 3.63) is 23.8 Å². The minimum absolute atomic E-state index is 0.260. The molecule has 2 rings (SSSR count). The third-order valence-corrected chi connectivity index (χ3v) is 5.38. The van der Waals surface area contributed by atoms with E-state index in [4.69, 9.17) is 4.74 Å². The Morgan fingerprint density at radius 3 is 2.24 bits per heavy atom. The van der Waals surface area contributed by atoms with E-state index >= 15 is 0 Å². The number of hydrogen-bond acceptors (Lipinski definition) is 4. The van der Waals surface area contributed by atoms with Gasteiger partial charge in [-0.3, -0.25) is 4.90 Å². The maximum atomic E-state index is 6.10. The Morgan fingerprint density at radius 1 is 1.04 bits per heavy atom. The van der Waals surface area contributed by atoms with Gasteiger partial charge < -0.3 is 14.5 Å². The molecule has 0 saturated carbocycles. The van der Waals surface area contributed by atoms with Gasteiger partial charge in [0.2, 0.25) is 0 Å². The van der Waals surface area contributed by atoms with E-state index in [1.54, 1.807) is 0 Å². The molecule has 0 spiro atoms. The van der Waals surface area contributed by atoms with Gasteiger partial charge in [-0.1, -0.05) is 19.9 Å². The Balaban J connectivity index is 1.97. The minimum Gasteiger partial charge on any atom is -0.492 e. The van der Waals surface area contributed by atoms with Crippen LogP contribution in [0.15, 0.2) is 18.2 Å². The van der Waals surface area contributed by atoms with Gasteiger partial charge in [0.15, 0.2) is 0 Å². The first-order valence-electron chi connectivity index (χ1n) is 9.81. The normalized spacial score (nSPS) is 16.5. The molecule has 25 heavy (non-hydrogen) atoms. The molecule has 0 atom stereocenters. The third kappa shape index (κ3) is 5.35. The minimum atomic E-state index is 0.260. The van der Waals surface area contributed by atoms with Crippen LogP contribution < -0.4 is 9.64 Å². The van der Waals surface area contributed by atoms with E-state index < -0.39 is 0 Å². The smallest absolute Gasteiger partial charge is 0.124 e. The van der Waals surface area contributed by atoms with Crippen LogP contribution in [-0.2, 0) is 0 Å². The number of hydrogen-bond donors (Lipinski definition) is 0. The first kappa shape index (κ1) is 20.1. The zero-order valence-corrected chi connectivity index (χ0v) is 17.1. The molecule has 4 heteroatoms. The van der Waals surface area contributed by atoms with Gasteiger partial charge in [-0.05, 0) is 52.9 Å². The number of anilines is 1. The van der Waals surface area contributed by atoms with Crippen LogP contribution in [-0.4, -0.2) is 67.8 Å². The van der Waals surface area contributed by atoms with Crippen LogP contribution in [0.1, 0.15) is 40.2 Å². The van der Waals surface area contributed by atoms with E-state index in [0.717, 1.165) is 58.2 Å². The summed E-state index contributed by atoms with van der Waals surface area (Å²) in [5.41, 5.74) is 2.86. The molecule has 1 aromatic rings. The third-order valence-electron chi connectivity index (χ3n) is 5.38. The molecule has 1 aliphatic heterocycles. The second kappa shape index (κ2) is 8.91. The van der Waals surface area contributed by atoms with Gasteiger partial charge in [-0.2, -0.15) is 0 Å². The quantitative estimate of drug-likeness (QED) is 0.749. The molecule has 0 bridgehead atoms. The molecular weight excluding hydrogens is 310 g/mol. The highest BCUT2D eigenvalue weighted by atomic mass is 16.5. The molecule has 0 amide bonds. The van der Waals surface area contributed by atoms with Crippen molar-refractivity contribution in [2.45, 2.75) is 47.1 Å². The van der Waals surface area contributed by atoms with Crippen LogP contribution >= 0.6 is 0 Å². The van der Waals surface area contributed by atoms with Crippen LogP contribution in [0.4, 0.5) is 5.69 Å². The lowest BCUT2D eigenvalue weighted by molar-refractivity contribution is 0.128. The Hall–Kier alpha value is -1.26. The summed E-state index contributed by atoms with van der Waals surface area (Å²) in [7, 11) is 0. The molecule has 0 unspecified atom stereocenters. The molecule has 0 aliphatic carbocycles. The molecule has 0 radical (unpaired) electrons. The number of likely N-dealkylation sites (N-methyl/N-ethyl adjacent to an activating group) is 1. The van der Waals surface area contributed by atoms with Gasteiger partial charge >= 0.3 is 0 Å². The largest absolute Gasteiger partial charge is 0.492 e. The average Bonchev–Trinajstić information content (AvgIpc) is 2.59. The monoisotopic (exact) mass is 347 g/mol. The summed E-state index contributed by atoms with van der Waals surface area (Å²) in [4.78, 5) is 7.48. The van der Waals surface area contributed by atoms with Crippen molar-refractivity contribution < 1.29 is 4.74 Å². The standard InChI is InChI=1S/C21H37N3O/c1-7-22(8-2)16-17-25-20-11-9-10-19(18(20)3)23-12-14-24(15-13-23)21(4,5)6/h9-11H,7-8,12-17H2,1-6H3. The Morgan fingerprint density at radius 2 is 1.68 bits per heavy atom. The lowest BCUT2D eigenvalue weighted by Crippen LogP contribution is -2.53. The number of piperazine rings is 1. The van der Waals surface area contributed by atoms with Gasteiger partial charge in [0.05, 0.1) is 0 Å². The molecule has 1 aromatic carbocycles. The van der Waals surface area contributed by atoms with Crippen molar-refractivity contribution in [1.82, 2.24) is 9.80 Å². The van der Waals surface area contributed by atoms with Crippen molar-refractivity contribution in [1.29, 1.82) is 0 Å². The van der Waals surface area contributed by atoms with Crippen LogP contribution in [0.5, 0.6) is 5.75 Å². The summed E-state index contributed by atoms with van der Waals surface area (Å²) in [6.07, 6.45) is 0. The van der Waals surface area contributed by atoms with Gasteiger partial charge in [-0.25, -0.2) is 0 Å². The molecule has 1 aliphatic rings. The fourth-order valence-electron chi connectivity index (χ4n) is 3.54. The Labute approximate surface area is 154 Å². The van der Waals surface area contributed by atoms with Crippen molar-refractivity contribution in [3.63, 3.8) is 0 Å². The van der Waals surface area contributed by atoms with E-state index in [0.29, 0.717) is 0 Å². The van der Waals surface area contributed by atoms with Crippen LogP contribution in [0, 0.1) is 6.92 Å². The highest BCUT2D eigenvalue weighted by Gasteiger charge is 2.26. The number of nitrogens with zero attached hydrogens (tertiary/aromatic N) is 3. The van der Waals surface area contributed by atoms with Crippen molar-refractivity contribution in [3.8, 4) is 5.75 Å².